The van der Waals surface area contributed by atoms with Crippen LogP contribution in [0.25, 0.3) is 99.9 Å². The molecule has 0 N–H and O–H groups in total. The number of fused-ring (bicyclic) bond motifs is 6. The SMILES string of the molecule is c1ccc(-c2cc(-c3ccccc3)nc(-c3ccc(-c4ccc(-n5c6ccccc6c6ccc7cc8c(ccn8-c8ccccc8)cc7c65)cc4)cc3)n2)cc1. The quantitative estimate of drug-likeness (QED) is 0.172. The van der Waals surface area contributed by atoms with Crippen molar-refractivity contribution in [3.63, 3.8) is 0 Å². The van der Waals surface area contributed by atoms with Crippen molar-refractivity contribution in [3.05, 3.63) is 206 Å². The van der Waals surface area contributed by atoms with E-state index in [1.807, 2.05) is 36.4 Å². The highest BCUT2D eigenvalue weighted by Crippen LogP contribution is 2.39. The summed E-state index contributed by atoms with van der Waals surface area (Å²) >= 11 is 0. The van der Waals surface area contributed by atoms with Crippen LogP contribution in [0.1, 0.15) is 0 Å². The minimum Gasteiger partial charge on any atom is -0.317 e. The van der Waals surface area contributed by atoms with Crippen molar-refractivity contribution < 1.29 is 0 Å². The predicted molar refractivity (Wildman–Crippen MR) is 232 cm³/mol. The Morgan fingerprint density at radius 2 is 0.929 bits per heavy atom. The van der Waals surface area contributed by atoms with Crippen molar-refractivity contribution in [1.29, 1.82) is 0 Å². The van der Waals surface area contributed by atoms with Crippen molar-refractivity contribution in [2.24, 2.45) is 0 Å². The van der Waals surface area contributed by atoms with Crippen molar-refractivity contribution in [1.82, 2.24) is 19.1 Å². The fraction of sp³-hybridized carbons (Fsp3) is 0. The Kier molecular flexibility index (Phi) is 7.46. The summed E-state index contributed by atoms with van der Waals surface area (Å²) in [5, 5.41) is 6.18. The molecule has 0 aliphatic heterocycles. The van der Waals surface area contributed by atoms with Gasteiger partial charge in [0.15, 0.2) is 5.82 Å². The molecule has 11 rings (SSSR count). The lowest BCUT2D eigenvalue weighted by Gasteiger charge is -2.12. The average Bonchev–Trinajstić information content (AvgIpc) is 3.85. The first-order valence-corrected chi connectivity index (χ1v) is 19.0. The van der Waals surface area contributed by atoms with Crippen LogP contribution < -0.4 is 0 Å². The van der Waals surface area contributed by atoms with E-state index in [1.54, 1.807) is 0 Å². The lowest BCUT2D eigenvalue weighted by Crippen LogP contribution is -1.96. The summed E-state index contributed by atoms with van der Waals surface area (Å²) in [7, 11) is 0. The zero-order valence-corrected chi connectivity index (χ0v) is 30.4. The molecule has 0 atom stereocenters. The monoisotopic (exact) mass is 714 g/mol. The molecule has 3 heterocycles. The van der Waals surface area contributed by atoms with Gasteiger partial charge < -0.3 is 9.13 Å². The second-order valence-corrected chi connectivity index (χ2v) is 14.3. The van der Waals surface area contributed by atoms with Gasteiger partial charge in [-0.3, -0.25) is 0 Å². The zero-order valence-electron chi connectivity index (χ0n) is 30.4. The van der Waals surface area contributed by atoms with Crippen LogP contribution in [0.2, 0.25) is 0 Å². The first-order chi connectivity index (χ1) is 27.7. The van der Waals surface area contributed by atoms with Gasteiger partial charge in [-0.2, -0.15) is 0 Å². The Labute approximate surface area is 324 Å². The molecule has 0 fully saturated rings. The summed E-state index contributed by atoms with van der Waals surface area (Å²) in [6.45, 7) is 0. The van der Waals surface area contributed by atoms with E-state index in [9.17, 15) is 0 Å². The number of para-hydroxylation sites is 2. The summed E-state index contributed by atoms with van der Waals surface area (Å²) in [5.41, 5.74) is 13.1. The zero-order chi connectivity index (χ0) is 37.0. The van der Waals surface area contributed by atoms with Crippen molar-refractivity contribution in [2.45, 2.75) is 0 Å². The van der Waals surface area contributed by atoms with Gasteiger partial charge in [0.25, 0.3) is 0 Å². The molecule has 0 radical (unpaired) electrons. The van der Waals surface area contributed by atoms with Gasteiger partial charge in [-0.25, -0.2) is 9.97 Å². The topological polar surface area (TPSA) is 35.6 Å². The highest BCUT2D eigenvalue weighted by atomic mass is 15.0. The van der Waals surface area contributed by atoms with Crippen molar-refractivity contribution >= 4 is 43.5 Å². The van der Waals surface area contributed by atoms with E-state index in [4.69, 9.17) is 9.97 Å². The molecule has 0 saturated carbocycles. The van der Waals surface area contributed by atoms with E-state index in [0.717, 1.165) is 50.6 Å². The Hall–Kier alpha value is -7.56. The minimum atomic E-state index is 0.708. The Bertz CT molecular complexity index is 3140. The molecular weight excluding hydrogens is 681 g/mol. The van der Waals surface area contributed by atoms with Crippen LogP contribution in [0.4, 0.5) is 0 Å². The van der Waals surface area contributed by atoms with Gasteiger partial charge in [0.2, 0.25) is 0 Å². The lowest BCUT2D eigenvalue weighted by atomic mass is 10.0. The second kappa shape index (κ2) is 13.1. The van der Waals surface area contributed by atoms with Crippen LogP contribution in [-0.2, 0) is 0 Å². The molecule has 4 heteroatoms. The van der Waals surface area contributed by atoms with Crippen LogP contribution in [0.3, 0.4) is 0 Å². The summed E-state index contributed by atoms with van der Waals surface area (Å²) in [6, 6.07) is 71.0. The number of nitrogens with zero attached hydrogens (tertiary/aromatic N) is 4. The third-order valence-electron chi connectivity index (χ3n) is 11.0. The standard InChI is InChI=1S/C52H34N4/c1-4-12-37(13-5-1)47-34-48(38-14-6-2-7-15-38)54-52(53-47)39-22-20-35(21-23-39)36-24-27-43(28-25-36)56-49-19-11-10-18-44(49)45-29-26-40-33-50-41(32-46(40)51(45)56)30-31-55(50)42-16-8-3-9-17-42/h1-34H. The fourth-order valence-electron chi connectivity index (χ4n) is 8.20. The maximum atomic E-state index is 5.03. The third-order valence-corrected chi connectivity index (χ3v) is 11.0. The number of hydrogen-bond acceptors (Lipinski definition) is 2. The van der Waals surface area contributed by atoms with Gasteiger partial charge >= 0.3 is 0 Å². The van der Waals surface area contributed by atoms with Crippen molar-refractivity contribution in [3.8, 4) is 56.4 Å². The minimum absolute atomic E-state index is 0.708. The van der Waals surface area contributed by atoms with Crippen molar-refractivity contribution in [2.75, 3.05) is 0 Å². The molecule has 0 unspecified atom stereocenters. The van der Waals surface area contributed by atoms with E-state index >= 15 is 0 Å². The van der Waals surface area contributed by atoms with Crippen LogP contribution in [0, 0.1) is 0 Å². The third kappa shape index (κ3) is 5.39. The molecule has 0 aliphatic rings. The normalized spacial score (nSPS) is 11.6. The largest absolute Gasteiger partial charge is 0.317 e. The molecule has 8 aromatic carbocycles. The van der Waals surface area contributed by atoms with Crippen LogP contribution >= 0.6 is 0 Å². The first kappa shape index (κ1) is 31.9. The van der Waals surface area contributed by atoms with Gasteiger partial charge in [-0.15, -0.1) is 0 Å². The van der Waals surface area contributed by atoms with E-state index in [0.29, 0.717) is 5.82 Å². The van der Waals surface area contributed by atoms with E-state index in [2.05, 4.69) is 179 Å². The highest BCUT2D eigenvalue weighted by Gasteiger charge is 2.17. The summed E-state index contributed by atoms with van der Waals surface area (Å²) in [6.07, 6.45) is 2.17. The molecule has 0 bridgehead atoms. The molecule has 11 aromatic rings. The molecule has 0 spiro atoms. The van der Waals surface area contributed by atoms with Gasteiger partial charge in [-0.1, -0.05) is 146 Å². The van der Waals surface area contributed by atoms with Gasteiger partial charge in [0, 0.05) is 55.8 Å². The summed E-state index contributed by atoms with van der Waals surface area (Å²) in [5.74, 6) is 0.708. The molecular formula is C52H34N4. The number of aromatic nitrogens is 4. The Morgan fingerprint density at radius 3 is 1.61 bits per heavy atom. The van der Waals surface area contributed by atoms with E-state index < -0.39 is 0 Å². The number of rotatable bonds is 6. The highest BCUT2D eigenvalue weighted by molar-refractivity contribution is 6.20. The molecule has 0 aliphatic carbocycles. The van der Waals surface area contributed by atoms with Gasteiger partial charge in [-0.05, 0) is 71.1 Å². The Balaban J connectivity index is 0.979. The van der Waals surface area contributed by atoms with Crippen LogP contribution in [-0.4, -0.2) is 19.1 Å². The maximum absolute atomic E-state index is 5.03. The van der Waals surface area contributed by atoms with Gasteiger partial charge in [0.1, 0.15) is 0 Å². The maximum Gasteiger partial charge on any atom is 0.160 e. The van der Waals surface area contributed by atoms with Crippen LogP contribution in [0.15, 0.2) is 206 Å². The van der Waals surface area contributed by atoms with E-state index in [-0.39, 0.29) is 0 Å². The fourth-order valence-corrected chi connectivity index (χ4v) is 8.20. The molecule has 262 valence electrons. The summed E-state index contributed by atoms with van der Waals surface area (Å²) < 4.78 is 4.71. The summed E-state index contributed by atoms with van der Waals surface area (Å²) in [4.78, 5) is 10.1. The second-order valence-electron chi connectivity index (χ2n) is 14.3. The van der Waals surface area contributed by atoms with Gasteiger partial charge in [0.05, 0.1) is 27.9 Å². The predicted octanol–water partition coefficient (Wildman–Crippen LogP) is 13.3. The van der Waals surface area contributed by atoms with E-state index in [1.165, 1.54) is 43.5 Å². The molecule has 4 nitrogen and oxygen atoms in total. The molecule has 56 heavy (non-hydrogen) atoms. The number of benzene rings is 8. The first-order valence-electron chi connectivity index (χ1n) is 19.0. The average molecular weight is 715 g/mol. The smallest absolute Gasteiger partial charge is 0.160 e. The van der Waals surface area contributed by atoms with Crippen LogP contribution in [0.5, 0.6) is 0 Å². The molecule has 0 amide bonds. The molecule has 0 saturated heterocycles. The molecule has 3 aromatic heterocycles. The Morgan fingerprint density at radius 1 is 0.339 bits per heavy atom. The lowest BCUT2D eigenvalue weighted by molar-refractivity contribution is 1.13. The number of hydrogen-bond donors (Lipinski definition) is 0.